The van der Waals surface area contributed by atoms with E-state index in [1.807, 2.05) is 0 Å². The molecule has 1 atom stereocenters. The summed E-state index contributed by atoms with van der Waals surface area (Å²) in [5, 5.41) is 10.0. The molecule has 0 radical (unpaired) electrons. The molecule has 0 spiro atoms. The molecule has 0 amide bonds. The lowest BCUT2D eigenvalue weighted by Gasteiger charge is -2.27. The predicted molar refractivity (Wildman–Crippen MR) is 105 cm³/mol. The standard InChI is InChI=1S/C20H20ClN3O5/c1-5-26-19(25)16-11(2)29-18(23-20(21)24(3)4)13(9-22)17(16)12-6-7-14-15(8-12)28-10-27-14/h6-8,17H,5,10H2,1-4H3/b23-20+. The summed E-state index contributed by atoms with van der Waals surface area (Å²) in [6.45, 7) is 3.63. The number of carbonyl (C=O) groups excluding carboxylic acids is 1. The van der Waals surface area contributed by atoms with E-state index < -0.39 is 11.9 Å². The smallest absolute Gasteiger partial charge is 0.338 e. The van der Waals surface area contributed by atoms with Crippen molar-refractivity contribution in [1.29, 1.82) is 5.26 Å². The lowest BCUT2D eigenvalue weighted by atomic mass is 9.83. The Hall–Kier alpha value is -3.18. The van der Waals surface area contributed by atoms with Gasteiger partial charge in [0.25, 0.3) is 0 Å². The zero-order valence-corrected chi connectivity index (χ0v) is 17.2. The summed E-state index contributed by atoms with van der Waals surface area (Å²) in [4.78, 5) is 18.5. The van der Waals surface area contributed by atoms with Gasteiger partial charge in [-0.05, 0) is 43.1 Å². The molecule has 3 rings (SSSR count). The first-order chi connectivity index (χ1) is 13.9. The minimum absolute atomic E-state index is 0.0272. The third-order valence-electron chi connectivity index (χ3n) is 4.35. The highest BCUT2D eigenvalue weighted by Gasteiger charge is 2.38. The number of hydrogen-bond acceptors (Lipinski definition) is 7. The molecule has 29 heavy (non-hydrogen) atoms. The van der Waals surface area contributed by atoms with Crippen LogP contribution in [0.1, 0.15) is 25.3 Å². The molecule has 8 nitrogen and oxygen atoms in total. The Morgan fingerprint density at radius 3 is 2.76 bits per heavy atom. The van der Waals surface area contributed by atoms with E-state index in [0.717, 1.165) is 0 Å². The van der Waals surface area contributed by atoms with Crippen LogP contribution in [0.25, 0.3) is 0 Å². The molecule has 1 unspecified atom stereocenters. The van der Waals surface area contributed by atoms with Gasteiger partial charge in [-0.25, -0.2) is 4.79 Å². The van der Waals surface area contributed by atoms with Crippen LogP contribution in [0.15, 0.2) is 46.0 Å². The van der Waals surface area contributed by atoms with E-state index in [1.54, 1.807) is 51.0 Å². The highest BCUT2D eigenvalue weighted by Crippen LogP contribution is 2.44. The number of allylic oxidation sites excluding steroid dienone is 2. The molecular formula is C20H20ClN3O5. The second-order valence-corrected chi connectivity index (χ2v) is 6.78. The van der Waals surface area contributed by atoms with Gasteiger partial charge < -0.3 is 23.8 Å². The monoisotopic (exact) mass is 417 g/mol. The van der Waals surface area contributed by atoms with E-state index in [0.29, 0.717) is 17.1 Å². The Balaban J connectivity index is 2.18. The van der Waals surface area contributed by atoms with Crippen LogP contribution in [0.4, 0.5) is 0 Å². The highest BCUT2D eigenvalue weighted by molar-refractivity contribution is 6.64. The number of rotatable bonds is 4. The van der Waals surface area contributed by atoms with Crippen molar-refractivity contribution in [3.63, 3.8) is 0 Å². The van der Waals surface area contributed by atoms with Crippen LogP contribution in [0.5, 0.6) is 11.5 Å². The number of halogens is 1. The number of fused-ring (bicyclic) bond motifs is 1. The fourth-order valence-electron chi connectivity index (χ4n) is 3.00. The molecule has 1 aromatic carbocycles. The number of nitriles is 1. The Morgan fingerprint density at radius 1 is 1.38 bits per heavy atom. The molecule has 2 heterocycles. The van der Waals surface area contributed by atoms with Crippen LogP contribution < -0.4 is 9.47 Å². The van der Waals surface area contributed by atoms with E-state index in [-0.39, 0.29) is 41.5 Å². The molecule has 0 saturated carbocycles. The minimum atomic E-state index is -0.757. The van der Waals surface area contributed by atoms with E-state index in [9.17, 15) is 10.1 Å². The maximum Gasteiger partial charge on any atom is 0.338 e. The van der Waals surface area contributed by atoms with Crippen LogP contribution in [0, 0.1) is 11.3 Å². The predicted octanol–water partition coefficient (Wildman–Crippen LogP) is 3.26. The van der Waals surface area contributed by atoms with E-state index in [4.69, 9.17) is 30.5 Å². The van der Waals surface area contributed by atoms with Crippen molar-refractivity contribution in [2.45, 2.75) is 19.8 Å². The van der Waals surface area contributed by atoms with Crippen molar-refractivity contribution in [2.24, 2.45) is 4.99 Å². The largest absolute Gasteiger partial charge is 0.463 e. The van der Waals surface area contributed by atoms with Crippen molar-refractivity contribution in [3.8, 4) is 17.6 Å². The summed E-state index contributed by atoms with van der Waals surface area (Å²) in [6.07, 6.45) is 0. The first kappa shape index (κ1) is 20.6. The number of amidine groups is 1. The lowest BCUT2D eigenvalue weighted by Crippen LogP contribution is -2.24. The number of hydrogen-bond donors (Lipinski definition) is 0. The summed E-state index contributed by atoms with van der Waals surface area (Å²) in [7, 11) is 3.42. The maximum absolute atomic E-state index is 12.7. The molecule has 2 aliphatic rings. The number of esters is 1. The summed E-state index contributed by atoms with van der Waals surface area (Å²) in [5.41, 5.74) is 1.00. The van der Waals surface area contributed by atoms with Gasteiger partial charge >= 0.3 is 5.97 Å². The molecule has 9 heteroatoms. The molecule has 0 fully saturated rings. The molecule has 1 aromatic rings. The first-order valence-electron chi connectivity index (χ1n) is 8.88. The maximum atomic E-state index is 12.7. The van der Waals surface area contributed by atoms with E-state index in [2.05, 4.69) is 11.1 Å². The minimum Gasteiger partial charge on any atom is -0.463 e. The average molecular weight is 418 g/mol. The van der Waals surface area contributed by atoms with Gasteiger partial charge in [-0.2, -0.15) is 10.3 Å². The fourth-order valence-corrected chi connectivity index (χ4v) is 3.08. The summed E-state index contributed by atoms with van der Waals surface area (Å²) < 4.78 is 21.7. The molecule has 0 saturated heterocycles. The molecular weight excluding hydrogens is 398 g/mol. The molecule has 0 aromatic heterocycles. The molecule has 152 valence electrons. The number of benzene rings is 1. The molecule has 0 N–H and O–H groups in total. The van der Waals surface area contributed by atoms with Crippen LogP contribution in [0.2, 0.25) is 0 Å². The number of aliphatic imine (C=N–C) groups is 1. The fraction of sp³-hybridized carbons (Fsp3) is 0.350. The van der Waals surface area contributed by atoms with Gasteiger partial charge in [0.1, 0.15) is 17.4 Å². The third-order valence-corrected chi connectivity index (χ3v) is 4.77. The summed E-state index contributed by atoms with van der Waals surface area (Å²) >= 11 is 6.15. The van der Waals surface area contributed by atoms with Crippen molar-refractivity contribution in [1.82, 2.24) is 4.90 Å². The third kappa shape index (κ3) is 4.00. The average Bonchev–Trinajstić information content (AvgIpc) is 3.15. The number of carbonyl (C=O) groups is 1. The van der Waals surface area contributed by atoms with Gasteiger partial charge in [0, 0.05) is 14.1 Å². The zero-order valence-electron chi connectivity index (χ0n) is 16.5. The van der Waals surface area contributed by atoms with E-state index in [1.165, 1.54) is 0 Å². The van der Waals surface area contributed by atoms with Gasteiger partial charge in [-0.1, -0.05) is 6.07 Å². The van der Waals surface area contributed by atoms with Gasteiger partial charge in [-0.15, -0.1) is 0 Å². The first-order valence-corrected chi connectivity index (χ1v) is 9.26. The highest BCUT2D eigenvalue weighted by atomic mass is 35.5. The summed E-state index contributed by atoms with van der Waals surface area (Å²) in [6, 6.07) is 7.35. The summed E-state index contributed by atoms with van der Waals surface area (Å²) in [5.74, 6) is 0.112. The van der Waals surface area contributed by atoms with Crippen LogP contribution >= 0.6 is 11.6 Å². The normalized spacial score (nSPS) is 18.3. The lowest BCUT2D eigenvalue weighted by molar-refractivity contribution is -0.139. The molecule has 0 bridgehead atoms. The van der Waals surface area contributed by atoms with Gasteiger partial charge in [0.15, 0.2) is 11.5 Å². The quantitative estimate of drug-likeness (QED) is 0.321. The van der Waals surface area contributed by atoms with Crippen molar-refractivity contribution in [2.75, 3.05) is 27.5 Å². The second kappa shape index (κ2) is 8.45. The van der Waals surface area contributed by atoms with Crippen LogP contribution in [-0.4, -0.2) is 43.7 Å². The second-order valence-electron chi connectivity index (χ2n) is 6.44. The Labute approximate surface area is 173 Å². The van der Waals surface area contributed by atoms with Crippen molar-refractivity contribution < 1.29 is 23.7 Å². The van der Waals surface area contributed by atoms with Crippen molar-refractivity contribution >= 4 is 22.9 Å². The van der Waals surface area contributed by atoms with Crippen LogP contribution in [-0.2, 0) is 14.3 Å². The molecule has 0 aliphatic carbocycles. The zero-order chi connectivity index (χ0) is 21.1. The van der Waals surface area contributed by atoms with Gasteiger partial charge in [0.2, 0.25) is 18.0 Å². The Bertz CT molecular complexity index is 975. The molecule has 2 aliphatic heterocycles. The Morgan fingerprint density at radius 2 is 2.10 bits per heavy atom. The number of ether oxygens (including phenoxy) is 4. The topological polar surface area (TPSA) is 93.4 Å². The van der Waals surface area contributed by atoms with Crippen LogP contribution in [0.3, 0.4) is 0 Å². The van der Waals surface area contributed by atoms with Gasteiger partial charge in [0.05, 0.1) is 18.1 Å². The number of nitrogens with zero attached hydrogens (tertiary/aromatic N) is 3. The van der Waals surface area contributed by atoms with Crippen molar-refractivity contribution in [3.05, 3.63) is 46.6 Å². The van der Waals surface area contributed by atoms with Gasteiger partial charge in [-0.3, -0.25) is 0 Å². The Kier molecular flexibility index (Phi) is 5.99. The SMILES string of the molecule is CCOC(=O)C1=C(C)OC(/N=C(\Cl)N(C)C)=C(C#N)C1c1ccc2c(c1)OCO2. The van der Waals surface area contributed by atoms with E-state index >= 15 is 0 Å².